The van der Waals surface area contributed by atoms with Gasteiger partial charge in [0.25, 0.3) is 0 Å². The van der Waals surface area contributed by atoms with E-state index in [1.807, 2.05) is 25.3 Å². The van der Waals surface area contributed by atoms with Gasteiger partial charge in [0, 0.05) is 23.1 Å². The maximum atomic E-state index is 10.5. The highest BCUT2D eigenvalue weighted by atomic mass is 16.3. The molecule has 2 aromatic rings. The highest BCUT2D eigenvalue weighted by Gasteiger charge is 2.12. The number of phenols is 1. The predicted octanol–water partition coefficient (Wildman–Crippen LogP) is 3.27. The molecule has 0 spiro atoms. The molecular formula is C16H22N2O. The van der Waals surface area contributed by atoms with Crippen LogP contribution < -0.4 is 5.73 Å². The second-order valence-electron chi connectivity index (χ2n) is 5.48. The number of hydrogen-bond acceptors (Lipinski definition) is 2. The Morgan fingerprint density at radius 3 is 2.74 bits per heavy atom. The van der Waals surface area contributed by atoms with Crippen molar-refractivity contribution in [3.05, 3.63) is 41.1 Å². The molecule has 102 valence electrons. The third kappa shape index (κ3) is 2.99. The van der Waals surface area contributed by atoms with Gasteiger partial charge in [0.2, 0.25) is 0 Å². The van der Waals surface area contributed by atoms with Gasteiger partial charge in [0.15, 0.2) is 0 Å². The summed E-state index contributed by atoms with van der Waals surface area (Å²) in [6.45, 7) is 6.10. The number of nitrogens with one attached hydrogen (secondary N) is 1. The smallest absolute Gasteiger partial charge is 0.128 e. The summed E-state index contributed by atoms with van der Waals surface area (Å²) >= 11 is 0. The summed E-state index contributed by atoms with van der Waals surface area (Å²) in [6, 6.07) is 4.08. The van der Waals surface area contributed by atoms with Gasteiger partial charge in [-0.1, -0.05) is 17.7 Å². The zero-order valence-electron chi connectivity index (χ0n) is 11.8. The average Bonchev–Trinajstić information content (AvgIpc) is 2.71. The Labute approximate surface area is 114 Å². The first kappa shape index (κ1) is 13.7. The Hall–Kier alpha value is -1.74. The zero-order chi connectivity index (χ0) is 14.0. The minimum atomic E-state index is 0.0832. The number of rotatable bonds is 4. The molecule has 3 heteroatoms. The molecule has 1 aromatic heterocycles. The Morgan fingerprint density at radius 1 is 1.37 bits per heavy atom. The van der Waals surface area contributed by atoms with Crippen molar-refractivity contribution in [1.82, 2.24) is 4.98 Å². The molecule has 2 rings (SSSR count). The largest absolute Gasteiger partial charge is 0.507 e. The summed E-state index contributed by atoms with van der Waals surface area (Å²) in [5, 5.41) is 11.4. The van der Waals surface area contributed by atoms with Crippen LogP contribution in [0.5, 0.6) is 5.75 Å². The van der Waals surface area contributed by atoms with Crippen molar-refractivity contribution in [2.45, 2.75) is 39.7 Å². The second-order valence-corrected chi connectivity index (χ2v) is 5.48. The first-order valence-corrected chi connectivity index (χ1v) is 6.68. The molecule has 0 saturated carbocycles. The number of allylic oxidation sites excluding steroid dienone is 2. The first-order valence-electron chi connectivity index (χ1n) is 6.68. The maximum Gasteiger partial charge on any atom is 0.128 e. The first-order chi connectivity index (χ1) is 8.99. The number of nitrogens with two attached hydrogens (primary N) is 1. The number of fused-ring (bicyclic) bond motifs is 1. The molecule has 0 aliphatic rings. The van der Waals surface area contributed by atoms with Crippen LogP contribution >= 0.6 is 0 Å². The third-order valence-electron chi connectivity index (χ3n) is 3.26. The lowest BCUT2D eigenvalue weighted by Crippen LogP contribution is -2.17. The molecule has 0 aliphatic heterocycles. The molecule has 3 nitrogen and oxygen atoms in total. The Bertz CT molecular complexity index is 604. The van der Waals surface area contributed by atoms with Gasteiger partial charge in [0.05, 0.1) is 0 Å². The maximum absolute atomic E-state index is 10.5. The lowest BCUT2D eigenvalue weighted by molar-refractivity contribution is 0.475. The lowest BCUT2D eigenvalue weighted by atomic mass is 10.0. The van der Waals surface area contributed by atoms with Crippen LogP contribution in [0.25, 0.3) is 10.9 Å². The van der Waals surface area contributed by atoms with Gasteiger partial charge >= 0.3 is 0 Å². The molecule has 1 aromatic carbocycles. The van der Waals surface area contributed by atoms with Gasteiger partial charge in [0.1, 0.15) is 5.75 Å². The third-order valence-corrected chi connectivity index (χ3v) is 3.26. The van der Waals surface area contributed by atoms with Crippen LogP contribution in [-0.2, 0) is 12.8 Å². The van der Waals surface area contributed by atoms with Crippen LogP contribution in [-0.4, -0.2) is 16.1 Å². The molecule has 0 radical (unpaired) electrons. The SMILES string of the molecule is CC(C)=CCc1ccc2[nH]cc(CC(C)N)c2c1O. The fraction of sp³-hybridized carbons (Fsp3) is 0.375. The summed E-state index contributed by atoms with van der Waals surface area (Å²) in [4.78, 5) is 3.20. The summed E-state index contributed by atoms with van der Waals surface area (Å²) < 4.78 is 0. The number of aromatic hydroxyl groups is 1. The summed E-state index contributed by atoms with van der Waals surface area (Å²) in [5.41, 5.74) is 10.1. The van der Waals surface area contributed by atoms with Crippen LogP contribution in [0, 0.1) is 0 Å². The van der Waals surface area contributed by atoms with E-state index in [0.29, 0.717) is 5.75 Å². The van der Waals surface area contributed by atoms with E-state index in [1.165, 1.54) is 5.57 Å². The predicted molar refractivity (Wildman–Crippen MR) is 80.5 cm³/mol. The van der Waals surface area contributed by atoms with E-state index in [1.54, 1.807) is 0 Å². The van der Waals surface area contributed by atoms with E-state index in [9.17, 15) is 5.11 Å². The van der Waals surface area contributed by atoms with E-state index in [4.69, 9.17) is 5.73 Å². The topological polar surface area (TPSA) is 62.0 Å². The average molecular weight is 258 g/mol. The Kier molecular flexibility index (Phi) is 3.96. The number of hydrogen-bond donors (Lipinski definition) is 3. The molecule has 0 amide bonds. The van der Waals surface area contributed by atoms with Crippen LogP contribution in [0.15, 0.2) is 30.0 Å². The van der Waals surface area contributed by atoms with Gasteiger partial charge in [-0.05, 0) is 50.8 Å². The van der Waals surface area contributed by atoms with Gasteiger partial charge in [-0.3, -0.25) is 0 Å². The van der Waals surface area contributed by atoms with Crippen molar-refractivity contribution in [2.24, 2.45) is 5.73 Å². The van der Waals surface area contributed by atoms with Gasteiger partial charge < -0.3 is 15.8 Å². The fourth-order valence-corrected chi connectivity index (χ4v) is 2.30. The van der Waals surface area contributed by atoms with E-state index in [-0.39, 0.29) is 6.04 Å². The molecule has 1 unspecified atom stereocenters. The molecule has 1 atom stereocenters. The normalized spacial score (nSPS) is 12.6. The van der Waals surface area contributed by atoms with Gasteiger partial charge in [-0.25, -0.2) is 0 Å². The van der Waals surface area contributed by atoms with Crippen LogP contribution in [0.2, 0.25) is 0 Å². The number of benzene rings is 1. The molecule has 0 bridgehead atoms. The van der Waals surface area contributed by atoms with Crippen LogP contribution in [0.3, 0.4) is 0 Å². The van der Waals surface area contributed by atoms with Crippen molar-refractivity contribution in [2.75, 3.05) is 0 Å². The fourth-order valence-electron chi connectivity index (χ4n) is 2.30. The van der Waals surface area contributed by atoms with Gasteiger partial charge in [-0.2, -0.15) is 0 Å². The van der Waals surface area contributed by atoms with Crippen LogP contribution in [0.4, 0.5) is 0 Å². The van der Waals surface area contributed by atoms with E-state index >= 15 is 0 Å². The molecule has 0 fully saturated rings. The lowest BCUT2D eigenvalue weighted by Gasteiger charge is -2.07. The van der Waals surface area contributed by atoms with Gasteiger partial charge in [-0.15, -0.1) is 0 Å². The molecule has 0 saturated heterocycles. The summed E-state index contributed by atoms with van der Waals surface area (Å²) in [7, 11) is 0. The molecule has 4 N–H and O–H groups in total. The summed E-state index contributed by atoms with van der Waals surface area (Å²) in [6.07, 6.45) is 5.59. The van der Waals surface area contributed by atoms with Crippen molar-refractivity contribution < 1.29 is 5.11 Å². The van der Waals surface area contributed by atoms with E-state index in [2.05, 4.69) is 24.9 Å². The monoisotopic (exact) mass is 258 g/mol. The molecular weight excluding hydrogens is 236 g/mol. The van der Waals surface area contributed by atoms with Crippen molar-refractivity contribution in [1.29, 1.82) is 0 Å². The zero-order valence-corrected chi connectivity index (χ0v) is 11.8. The minimum absolute atomic E-state index is 0.0832. The molecule has 1 heterocycles. The highest BCUT2D eigenvalue weighted by Crippen LogP contribution is 2.32. The minimum Gasteiger partial charge on any atom is -0.507 e. The van der Waals surface area contributed by atoms with Crippen molar-refractivity contribution >= 4 is 10.9 Å². The Balaban J connectivity index is 2.46. The van der Waals surface area contributed by atoms with E-state index in [0.717, 1.165) is 34.9 Å². The van der Waals surface area contributed by atoms with Crippen molar-refractivity contribution in [3.8, 4) is 5.75 Å². The summed E-state index contributed by atoms with van der Waals surface area (Å²) in [5.74, 6) is 0.381. The van der Waals surface area contributed by atoms with Crippen molar-refractivity contribution in [3.63, 3.8) is 0 Å². The van der Waals surface area contributed by atoms with Crippen LogP contribution in [0.1, 0.15) is 31.9 Å². The number of H-pyrrole nitrogens is 1. The standard InChI is InChI=1S/C16H22N2O/c1-10(2)4-5-12-6-7-14-15(16(12)19)13(9-18-14)8-11(3)17/h4,6-7,9,11,18-19H,5,8,17H2,1-3H3. The quantitative estimate of drug-likeness (QED) is 0.737. The van der Waals surface area contributed by atoms with E-state index < -0.39 is 0 Å². The number of aromatic nitrogens is 1. The second kappa shape index (κ2) is 5.49. The number of phenolic OH excluding ortho intramolecular Hbond substituents is 1. The highest BCUT2D eigenvalue weighted by molar-refractivity contribution is 5.90. The number of aromatic amines is 1. The Morgan fingerprint density at radius 2 is 2.11 bits per heavy atom. The molecule has 19 heavy (non-hydrogen) atoms. The molecule has 0 aliphatic carbocycles.